The molecule has 3 rings (SSSR count). The zero-order valence-corrected chi connectivity index (χ0v) is 15.2. The topological polar surface area (TPSA) is 76.2 Å². The van der Waals surface area contributed by atoms with Crippen molar-refractivity contribution in [1.29, 1.82) is 0 Å². The van der Waals surface area contributed by atoms with Crippen LogP contribution in [0.4, 0.5) is 0 Å². The molecule has 1 amide bonds. The molecule has 138 valence electrons. The van der Waals surface area contributed by atoms with E-state index in [0.717, 1.165) is 12.8 Å². The highest BCUT2D eigenvalue weighted by Crippen LogP contribution is 2.27. The molecule has 0 aliphatic carbocycles. The molecule has 8 heteroatoms. The Balaban J connectivity index is 1.73. The van der Waals surface area contributed by atoms with E-state index >= 15 is 0 Å². The molecule has 2 heterocycles. The molecule has 25 heavy (non-hydrogen) atoms. The van der Waals surface area contributed by atoms with Crippen LogP contribution in [-0.4, -0.2) is 69.5 Å². The Bertz CT molecular complexity index is 716. The van der Waals surface area contributed by atoms with Crippen molar-refractivity contribution in [3.05, 3.63) is 24.3 Å². The molecule has 0 aromatic heterocycles. The minimum absolute atomic E-state index is 0.0194. The largest absolute Gasteiger partial charge is 0.495 e. The zero-order chi connectivity index (χ0) is 17.9. The number of rotatable bonds is 4. The second-order valence-corrected chi connectivity index (χ2v) is 8.14. The fourth-order valence-electron chi connectivity index (χ4n) is 3.30. The average molecular weight is 368 g/mol. The van der Waals surface area contributed by atoms with Gasteiger partial charge in [0.15, 0.2) is 0 Å². The van der Waals surface area contributed by atoms with Gasteiger partial charge in [-0.1, -0.05) is 12.1 Å². The number of ether oxygens (including phenoxy) is 2. The van der Waals surface area contributed by atoms with Crippen molar-refractivity contribution in [1.82, 2.24) is 9.21 Å². The maximum Gasteiger partial charge on any atom is 0.251 e. The number of para-hydroxylation sites is 1. The second kappa shape index (κ2) is 7.72. The molecule has 1 aromatic carbocycles. The number of hydrogen-bond acceptors (Lipinski definition) is 5. The van der Waals surface area contributed by atoms with Gasteiger partial charge in [0.2, 0.25) is 10.0 Å². The van der Waals surface area contributed by atoms with Crippen LogP contribution in [0.15, 0.2) is 29.2 Å². The first-order chi connectivity index (χ1) is 12.0. The van der Waals surface area contributed by atoms with Crippen molar-refractivity contribution in [2.45, 2.75) is 30.3 Å². The summed E-state index contributed by atoms with van der Waals surface area (Å²) in [6.07, 6.45) is 1.89. The van der Waals surface area contributed by atoms with Crippen molar-refractivity contribution in [3.8, 4) is 5.75 Å². The minimum Gasteiger partial charge on any atom is -0.495 e. The first-order valence-electron chi connectivity index (χ1n) is 8.57. The van der Waals surface area contributed by atoms with Crippen LogP contribution in [-0.2, 0) is 19.6 Å². The molecule has 1 unspecified atom stereocenters. The predicted molar refractivity (Wildman–Crippen MR) is 91.9 cm³/mol. The van der Waals surface area contributed by atoms with E-state index in [0.29, 0.717) is 38.4 Å². The molecule has 1 aromatic rings. The molecule has 2 fully saturated rings. The Hall–Kier alpha value is -1.64. The summed E-state index contributed by atoms with van der Waals surface area (Å²) in [4.78, 5) is 14.4. The van der Waals surface area contributed by atoms with Crippen LogP contribution in [0.5, 0.6) is 5.75 Å². The zero-order valence-electron chi connectivity index (χ0n) is 14.4. The maximum atomic E-state index is 13.0. The van der Waals surface area contributed by atoms with E-state index in [-0.39, 0.29) is 23.5 Å². The molecular formula is C17H24N2O5S. The Labute approximate surface area is 148 Å². The van der Waals surface area contributed by atoms with Gasteiger partial charge in [0.25, 0.3) is 5.91 Å². The Morgan fingerprint density at radius 1 is 1.16 bits per heavy atom. The van der Waals surface area contributed by atoms with Crippen molar-refractivity contribution in [2.24, 2.45) is 0 Å². The summed E-state index contributed by atoms with van der Waals surface area (Å²) in [6, 6.07) is 6.61. The van der Waals surface area contributed by atoms with Crippen LogP contribution in [0.25, 0.3) is 0 Å². The summed E-state index contributed by atoms with van der Waals surface area (Å²) in [6.45, 7) is 2.22. The lowest BCUT2D eigenvalue weighted by Crippen LogP contribution is -2.41. The fourth-order valence-corrected chi connectivity index (χ4v) is 4.93. The molecule has 0 N–H and O–H groups in total. The number of methoxy groups -OCH3 is 1. The van der Waals surface area contributed by atoms with Gasteiger partial charge in [-0.15, -0.1) is 0 Å². The van der Waals surface area contributed by atoms with Crippen LogP contribution in [0, 0.1) is 0 Å². The van der Waals surface area contributed by atoms with E-state index in [1.54, 1.807) is 29.2 Å². The van der Waals surface area contributed by atoms with Gasteiger partial charge in [0.05, 0.1) is 7.11 Å². The predicted octanol–water partition coefficient (Wildman–Crippen LogP) is 1.10. The molecular weight excluding hydrogens is 344 g/mol. The SMILES string of the molecule is COc1ccccc1S(=O)(=O)N1CCCN(C(=O)C2CCCO2)CC1. The fraction of sp³-hybridized carbons (Fsp3) is 0.588. The van der Waals surface area contributed by atoms with Gasteiger partial charge in [-0.25, -0.2) is 8.42 Å². The maximum absolute atomic E-state index is 13.0. The van der Waals surface area contributed by atoms with Gasteiger partial charge in [0.1, 0.15) is 16.7 Å². The lowest BCUT2D eigenvalue weighted by Gasteiger charge is -2.24. The van der Waals surface area contributed by atoms with Crippen LogP contribution in [0.1, 0.15) is 19.3 Å². The summed E-state index contributed by atoms with van der Waals surface area (Å²) in [5.41, 5.74) is 0. The van der Waals surface area contributed by atoms with Gasteiger partial charge in [-0.05, 0) is 31.4 Å². The van der Waals surface area contributed by atoms with Gasteiger partial charge in [0, 0.05) is 32.8 Å². The first kappa shape index (κ1) is 18.2. The van der Waals surface area contributed by atoms with Crippen LogP contribution < -0.4 is 4.74 Å². The smallest absolute Gasteiger partial charge is 0.251 e. The standard InChI is InChI=1S/C17H24N2O5S/c1-23-14-6-2-3-8-16(14)25(21,22)19-10-5-9-18(11-12-19)17(20)15-7-4-13-24-15/h2-3,6,8,15H,4-5,7,9-13H2,1H3. The molecule has 0 saturated carbocycles. The Morgan fingerprint density at radius 3 is 2.68 bits per heavy atom. The molecule has 2 aliphatic heterocycles. The highest BCUT2D eigenvalue weighted by molar-refractivity contribution is 7.89. The summed E-state index contributed by atoms with van der Waals surface area (Å²) >= 11 is 0. The Morgan fingerprint density at radius 2 is 1.96 bits per heavy atom. The van der Waals surface area contributed by atoms with E-state index in [4.69, 9.17) is 9.47 Å². The Kier molecular flexibility index (Phi) is 5.61. The molecule has 0 bridgehead atoms. The highest BCUT2D eigenvalue weighted by atomic mass is 32.2. The van der Waals surface area contributed by atoms with E-state index in [2.05, 4.69) is 0 Å². The van der Waals surface area contributed by atoms with Gasteiger partial charge in [-0.3, -0.25) is 4.79 Å². The third-order valence-electron chi connectivity index (χ3n) is 4.66. The molecule has 7 nitrogen and oxygen atoms in total. The van der Waals surface area contributed by atoms with Gasteiger partial charge in [-0.2, -0.15) is 4.31 Å². The monoisotopic (exact) mass is 368 g/mol. The molecule has 2 saturated heterocycles. The van der Waals surface area contributed by atoms with Crippen molar-refractivity contribution >= 4 is 15.9 Å². The summed E-state index contributed by atoms with van der Waals surface area (Å²) < 4.78 is 38.0. The van der Waals surface area contributed by atoms with Crippen molar-refractivity contribution < 1.29 is 22.7 Å². The summed E-state index contributed by atoms with van der Waals surface area (Å²) in [7, 11) is -2.20. The lowest BCUT2D eigenvalue weighted by atomic mass is 10.2. The van der Waals surface area contributed by atoms with E-state index in [1.807, 2.05) is 0 Å². The van der Waals surface area contributed by atoms with E-state index in [1.165, 1.54) is 11.4 Å². The number of benzene rings is 1. The number of amides is 1. The van der Waals surface area contributed by atoms with Gasteiger partial charge >= 0.3 is 0 Å². The molecule has 0 spiro atoms. The second-order valence-electron chi connectivity index (χ2n) is 6.24. The van der Waals surface area contributed by atoms with Crippen molar-refractivity contribution in [3.63, 3.8) is 0 Å². The minimum atomic E-state index is -3.66. The first-order valence-corrected chi connectivity index (χ1v) is 10.0. The van der Waals surface area contributed by atoms with Crippen LogP contribution in [0.3, 0.4) is 0 Å². The van der Waals surface area contributed by atoms with Gasteiger partial charge < -0.3 is 14.4 Å². The average Bonchev–Trinajstić information content (AvgIpc) is 3.05. The number of nitrogens with zero attached hydrogens (tertiary/aromatic N) is 2. The normalized spacial score (nSPS) is 22.6. The number of carbonyl (C=O) groups excluding carboxylic acids is 1. The van der Waals surface area contributed by atoms with Crippen LogP contribution >= 0.6 is 0 Å². The number of sulfonamides is 1. The highest BCUT2D eigenvalue weighted by Gasteiger charge is 2.33. The summed E-state index contributed by atoms with van der Waals surface area (Å²) in [5.74, 6) is 0.313. The molecule has 1 atom stereocenters. The third-order valence-corrected chi connectivity index (χ3v) is 6.60. The van der Waals surface area contributed by atoms with E-state index < -0.39 is 10.0 Å². The number of carbonyl (C=O) groups is 1. The van der Waals surface area contributed by atoms with Crippen molar-refractivity contribution in [2.75, 3.05) is 39.9 Å². The van der Waals surface area contributed by atoms with Crippen LogP contribution in [0.2, 0.25) is 0 Å². The lowest BCUT2D eigenvalue weighted by molar-refractivity contribution is -0.140. The molecule has 0 radical (unpaired) electrons. The number of hydrogen-bond donors (Lipinski definition) is 0. The van der Waals surface area contributed by atoms with E-state index in [9.17, 15) is 13.2 Å². The quantitative estimate of drug-likeness (QED) is 0.795. The third kappa shape index (κ3) is 3.80. The summed E-state index contributed by atoms with van der Waals surface area (Å²) in [5, 5.41) is 0. The molecule has 2 aliphatic rings.